The van der Waals surface area contributed by atoms with Crippen LogP contribution in [0.4, 0.5) is 0 Å². The lowest BCUT2D eigenvalue weighted by Crippen LogP contribution is -2.53. The van der Waals surface area contributed by atoms with Gasteiger partial charge in [-0.1, -0.05) is 72.8 Å². The maximum absolute atomic E-state index is 13.6. The molecule has 146 valence electrons. The molecule has 0 N–H and O–H groups in total. The summed E-state index contributed by atoms with van der Waals surface area (Å²) in [5.74, 6) is 0.0870. The average Bonchev–Trinajstić information content (AvgIpc) is 2.92. The van der Waals surface area contributed by atoms with Gasteiger partial charge in [-0.05, 0) is 12.1 Å². The molecule has 4 rings (SSSR count). The fourth-order valence-corrected chi connectivity index (χ4v) is 3.52. The van der Waals surface area contributed by atoms with E-state index in [9.17, 15) is 9.59 Å². The highest BCUT2D eigenvalue weighted by molar-refractivity contribution is 6.01. The molecule has 0 spiro atoms. The summed E-state index contributed by atoms with van der Waals surface area (Å²) in [6, 6.07) is 25.0. The third-order valence-electron chi connectivity index (χ3n) is 4.84. The van der Waals surface area contributed by atoms with E-state index in [0.717, 1.165) is 0 Å². The molecule has 0 amide bonds. The van der Waals surface area contributed by atoms with Gasteiger partial charge in [-0.2, -0.15) is 0 Å². The van der Waals surface area contributed by atoms with E-state index in [1.807, 2.05) is 30.3 Å². The van der Waals surface area contributed by atoms with E-state index in [0.29, 0.717) is 22.6 Å². The molecule has 5 heteroatoms. The SMILES string of the molecule is CC(=O)O[C@]1(c2ccccc2)COc2ccccc2O[C@H]1C(=O)c1ccccc1. The summed E-state index contributed by atoms with van der Waals surface area (Å²) >= 11 is 0. The van der Waals surface area contributed by atoms with Crippen LogP contribution in [0.1, 0.15) is 22.8 Å². The molecule has 1 aliphatic rings. The molecule has 5 nitrogen and oxygen atoms in total. The van der Waals surface area contributed by atoms with Crippen LogP contribution < -0.4 is 9.47 Å². The number of carbonyl (C=O) groups is 2. The first kappa shape index (κ1) is 18.7. The highest BCUT2D eigenvalue weighted by atomic mass is 16.6. The first-order valence-corrected chi connectivity index (χ1v) is 9.33. The van der Waals surface area contributed by atoms with Gasteiger partial charge in [-0.15, -0.1) is 0 Å². The number of ether oxygens (including phenoxy) is 3. The summed E-state index contributed by atoms with van der Waals surface area (Å²) in [6.45, 7) is 1.25. The second-order valence-corrected chi connectivity index (χ2v) is 6.81. The largest absolute Gasteiger partial charge is 0.485 e. The lowest BCUT2D eigenvalue weighted by Gasteiger charge is -2.36. The molecule has 0 fully saturated rings. The Morgan fingerprint density at radius 2 is 1.45 bits per heavy atom. The van der Waals surface area contributed by atoms with Crippen molar-refractivity contribution in [3.63, 3.8) is 0 Å². The Kier molecular flexibility index (Phi) is 5.04. The third-order valence-corrected chi connectivity index (χ3v) is 4.84. The Hall–Kier alpha value is -3.60. The van der Waals surface area contributed by atoms with Crippen LogP contribution in [0.2, 0.25) is 0 Å². The summed E-state index contributed by atoms with van der Waals surface area (Å²) in [5.41, 5.74) is -0.361. The molecule has 2 atom stereocenters. The van der Waals surface area contributed by atoms with Crippen LogP contribution in [0.25, 0.3) is 0 Å². The highest BCUT2D eigenvalue weighted by Gasteiger charge is 2.52. The Morgan fingerprint density at radius 1 is 0.862 bits per heavy atom. The second-order valence-electron chi connectivity index (χ2n) is 6.81. The van der Waals surface area contributed by atoms with Crippen molar-refractivity contribution >= 4 is 11.8 Å². The molecular weight excluding hydrogens is 368 g/mol. The number of benzene rings is 3. The Bertz CT molecular complexity index is 1020. The standard InChI is InChI=1S/C24H20O5/c1-17(25)29-24(19-12-6-3-7-13-19)16-27-20-14-8-9-15-21(20)28-23(24)22(26)18-10-4-2-5-11-18/h2-15,23H,16H2,1H3/t23-,24-/m0/s1. The Balaban J connectivity index is 1.90. The molecule has 0 saturated heterocycles. The predicted molar refractivity (Wildman–Crippen MR) is 107 cm³/mol. The average molecular weight is 388 g/mol. The smallest absolute Gasteiger partial charge is 0.303 e. The number of para-hydroxylation sites is 2. The maximum Gasteiger partial charge on any atom is 0.303 e. The van der Waals surface area contributed by atoms with Gasteiger partial charge in [0.25, 0.3) is 0 Å². The van der Waals surface area contributed by atoms with Crippen molar-refractivity contribution in [2.24, 2.45) is 0 Å². The summed E-state index contributed by atoms with van der Waals surface area (Å²) < 4.78 is 18.0. The lowest BCUT2D eigenvalue weighted by molar-refractivity contribution is -0.170. The number of rotatable bonds is 4. The fraction of sp³-hybridized carbons (Fsp3) is 0.167. The molecule has 0 aliphatic carbocycles. The first-order valence-electron chi connectivity index (χ1n) is 9.33. The fourth-order valence-electron chi connectivity index (χ4n) is 3.52. The van der Waals surface area contributed by atoms with Crippen LogP contribution in [-0.2, 0) is 15.1 Å². The van der Waals surface area contributed by atoms with Crippen molar-refractivity contribution in [3.05, 3.63) is 96.1 Å². The third kappa shape index (κ3) is 3.59. The molecule has 0 aromatic heterocycles. The van der Waals surface area contributed by atoms with Crippen LogP contribution in [0.15, 0.2) is 84.9 Å². The lowest BCUT2D eigenvalue weighted by atomic mass is 9.84. The number of ketones is 1. The van der Waals surface area contributed by atoms with E-state index in [1.165, 1.54) is 6.92 Å². The zero-order chi connectivity index (χ0) is 20.3. The zero-order valence-corrected chi connectivity index (χ0v) is 15.9. The van der Waals surface area contributed by atoms with Gasteiger partial charge in [-0.3, -0.25) is 9.59 Å². The van der Waals surface area contributed by atoms with E-state index < -0.39 is 17.7 Å². The molecular formula is C24H20O5. The van der Waals surface area contributed by atoms with Gasteiger partial charge < -0.3 is 14.2 Å². The molecule has 3 aromatic carbocycles. The Morgan fingerprint density at radius 3 is 2.10 bits per heavy atom. The number of hydrogen-bond acceptors (Lipinski definition) is 5. The van der Waals surface area contributed by atoms with Crippen molar-refractivity contribution in [1.29, 1.82) is 0 Å². The molecule has 3 aromatic rings. The number of fused-ring (bicyclic) bond motifs is 1. The summed E-state index contributed by atoms with van der Waals surface area (Å²) in [5, 5.41) is 0. The van der Waals surface area contributed by atoms with Crippen LogP contribution >= 0.6 is 0 Å². The van der Waals surface area contributed by atoms with Crippen molar-refractivity contribution in [1.82, 2.24) is 0 Å². The quantitative estimate of drug-likeness (QED) is 0.496. The van der Waals surface area contributed by atoms with E-state index >= 15 is 0 Å². The minimum atomic E-state index is -1.45. The minimum Gasteiger partial charge on any atom is -0.485 e. The predicted octanol–water partition coefficient (Wildman–Crippen LogP) is 4.17. The summed E-state index contributed by atoms with van der Waals surface area (Å²) in [4.78, 5) is 25.7. The van der Waals surface area contributed by atoms with Crippen LogP contribution in [-0.4, -0.2) is 24.5 Å². The monoisotopic (exact) mass is 388 g/mol. The van der Waals surface area contributed by atoms with E-state index in [2.05, 4.69) is 0 Å². The van der Waals surface area contributed by atoms with Gasteiger partial charge in [0, 0.05) is 18.1 Å². The molecule has 0 bridgehead atoms. The van der Waals surface area contributed by atoms with Gasteiger partial charge in [-0.25, -0.2) is 0 Å². The van der Waals surface area contributed by atoms with E-state index in [1.54, 1.807) is 54.6 Å². The number of esters is 1. The van der Waals surface area contributed by atoms with E-state index in [-0.39, 0.29) is 12.4 Å². The molecule has 0 unspecified atom stereocenters. The van der Waals surface area contributed by atoms with Gasteiger partial charge in [0.2, 0.25) is 17.5 Å². The van der Waals surface area contributed by atoms with Gasteiger partial charge >= 0.3 is 5.97 Å². The second kappa shape index (κ2) is 7.80. The zero-order valence-electron chi connectivity index (χ0n) is 15.9. The van der Waals surface area contributed by atoms with Crippen LogP contribution in [0, 0.1) is 0 Å². The van der Waals surface area contributed by atoms with Gasteiger partial charge in [0.15, 0.2) is 11.5 Å². The van der Waals surface area contributed by atoms with Crippen LogP contribution in [0.5, 0.6) is 11.5 Å². The van der Waals surface area contributed by atoms with Gasteiger partial charge in [0.1, 0.15) is 6.61 Å². The molecule has 1 heterocycles. The molecule has 29 heavy (non-hydrogen) atoms. The topological polar surface area (TPSA) is 61.8 Å². The number of hydrogen-bond donors (Lipinski definition) is 0. The van der Waals surface area contributed by atoms with Crippen molar-refractivity contribution in [3.8, 4) is 11.5 Å². The van der Waals surface area contributed by atoms with Gasteiger partial charge in [0.05, 0.1) is 0 Å². The first-order chi connectivity index (χ1) is 14.1. The Labute approximate surface area is 168 Å². The van der Waals surface area contributed by atoms with Crippen molar-refractivity contribution in [2.75, 3.05) is 6.61 Å². The van der Waals surface area contributed by atoms with E-state index in [4.69, 9.17) is 14.2 Å². The number of carbonyl (C=O) groups excluding carboxylic acids is 2. The van der Waals surface area contributed by atoms with Crippen LogP contribution in [0.3, 0.4) is 0 Å². The minimum absolute atomic E-state index is 0.0587. The summed E-state index contributed by atoms with van der Waals surface area (Å²) in [6.07, 6.45) is -1.13. The molecule has 0 radical (unpaired) electrons. The normalized spacial score (nSPS) is 20.4. The number of Topliss-reactive ketones (excluding diaryl/α,β-unsaturated/α-hetero) is 1. The van der Waals surface area contributed by atoms with Crippen molar-refractivity contribution in [2.45, 2.75) is 18.6 Å². The van der Waals surface area contributed by atoms with Crippen molar-refractivity contribution < 1.29 is 23.8 Å². The maximum atomic E-state index is 13.6. The molecule has 0 saturated carbocycles. The summed E-state index contributed by atoms with van der Waals surface area (Å²) in [7, 11) is 0. The highest BCUT2D eigenvalue weighted by Crippen LogP contribution is 2.41. The molecule has 1 aliphatic heterocycles.